The van der Waals surface area contributed by atoms with Gasteiger partial charge in [-0.1, -0.05) is 30.9 Å². The van der Waals surface area contributed by atoms with Crippen molar-refractivity contribution in [3.63, 3.8) is 0 Å². The number of hydrogen-bond donors (Lipinski definition) is 1. The largest absolute Gasteiger partial charge is 0.490 e. The SMILES string of the molecule is C=CCOc1ccc(NC(=O)COc2c(C)cccc2C)cc1. The summed E-state index contributed by atoms with van der Waals surface area (Å²) in [5.41, 5.74) is 2.73. The number of para-hydroxylation sites is 1. The minimum atomic E-state index is -0.201. The molecule has 0 aliphatic carbocycles. The van der Waals surface area contributed by atoms with Crippen LogP contribution in [-0.2, 0) is 4.79 Å². The molecule has 23 heavy (non-hydrogen) atoms. The molecule has 0 aliphatic rings. The lowest BCUT2D eigenvalue weighted by molar-refractivity contribution is -0.118. The molecule has 0 aromatic heterocycles. The highest BCUT2D eigenvalue weighted by Gasteiger charge is 2.07. The van der Waals surface area contributed by atoms with Crippen molar-refractivity contribution in [2.45, 2.75) is 13.8 Å². The summed E-state index contributed by atoms with van der Waals surface area (Å²) in [5.74, 6) is 1.29. The van der Waals surface area contributed by atoms with E-state index in [0.717, 1.165) is 22.6 Å². The summed E-state index contributed by atoms with van der Waals surface area (Å²) in [4.78, 5) is 12.0. The van der Waals surface area contributed by atoms with Crippen molar-refractivity contribution in [3.05, 3.63) is 66.2 Å². The summed E-state index contributed by atoms with van der Waals surface area (Å²) in [6.07, 6.45) is 1.68. The van der Waals surface area contributed by atoms with Crippen LogP contribution in [0.2, 0.25) is 0 Å². The van der Waals surface area contributed by atoms with Gasteiger partial charge >= 0.3 is 0 Å². The van der Waals surface area contributed by atoms with E-state index in [9.17, 15) is 4.79 Å². The molecule has 0 fully saturated rings. The average molecular weight is 311 g/mol. The van der Waals surface area contributed by atoms with E-state index >= 15 is 0 Å². The molecule has 0 bridgehead atoms. The molecule has 4 heteroatoms. The Morgan fingerprint density at radius 1 is 1.09 bits per heavy atom. The molecule has 0 saturated heterocycles. The van der Waals surface area contributed by atoms with Crippen molar-refractivity contribution in [2.75, 3.05) is 18.5 Å². The fourth-order valence-corrected chi connectivity index (χ4v) is 2.15. The van der Waals surface area contributed by atoms with Gasteiger partial charge in [0.2, 0.25) is 0 Å². The molecule has 0 saturated carbocycles. The Hall–Kier alpha value is -2.75. The minimum Gasteiger partial charge on any atom is -0.490 e. The van der Waals surface area contributed by atoms with E-state index in [2.05, 4.69) is 11.9 Å². The molecular formula is C19H21NO3. The van der Waals surface area contributed by atoms with Crippen LogP contribution < -0.4 is 14.8 Å². The first-order chi connectivity index (χ1) is 11.1. The van der Waals surface area contributed by atoms with Gasteiger partial charge in [0.25, 0.3) is 5.91 Å². The smallest absolute Gasteiger partial charge is 0.262 e. The van der Waals surface area contributed by atoms with Crippen LogP contribution in [-0.4, -0.2) is 19.1 Å². The number of carbonyl (C=O) groups excluding carboxylic acids is 1. The molecule has 0 heterocycles. The maximum Gasteiger partial charge on any atom is 0.262 e. The third kappa shape index (κ3) is 4.88. The van der Waals surface area contributed by atoms with Crippen molar-refractivity contribution in [3.8, 4) is 11.5 Å². The van der Waals surface area contributed by atoms with E-state index in [1.54, 1.807) is 30.3 Å². The fourth-order valence-electron chi connectivity index (χ4n) is 2.15. The maximum atomic E-state index is 12.0. The summed E-state index contributed by atoms with van der Waals surface area (Å²) in [6.45, 7) is 7.94. The van der Waals surface area contributed by atoms with Crippen LogP contribution >= 0.6 is 0 Å². The summed E-state index contributed by atoms with van der Waals surface area (Å²) in [7, 11) is 0. The van der Waals surface area contributed by atoms with Gasteiger partial charge in [0.15, 0.2) is 6.61 Å². The molecule has 1 amide bonds. The molecule has 2 aromatic carbocycles. The van der Waals surface area contributed by atoms with E-state index in [-0.39, 0.29) is 12.5 Å². The van der Waals surface area contributed by atoms with Crippen LogP contribution in [0.15, 0.2) is 55.1 Å². The van der Waals surface area contributed by atoms with Gasteiger partial charge in [-0.05, 0) is 49.2 Å². The Morgan fingerprint density at radius 3 is 2.35 bits per heavy atom. The molecule has 120 valence electrons. The van der Waals surface area contributed by atoms with Crippen LogP contribution in [0.5, 0.6) is 11.5 Å². The van der Waals surface area contributed by atoms with Gasteiger partial charge in [0.1, 0.15) is 18.1 Å². The number of aryl methyl sites for hydroxylation is 2. The molecule has 0 spiro atoms. The highest BCUT2D eigenvalue weighted by Crippen LogP contribution is 2.22. The Kier molecular flexibility index (Phi) is 5.80. The predicted octanol–water partition coefficient (Wildman–Crippen LogP) is 3.89. The topological polar surface area (TPSA) is 47.6 Å². The number of ether oxygens (including phenoxy) is 2. The number of carbonyl (C=O) groups is 1. The van der Waals surface area contributed by atoms with Crippen LogP contribution in [0.25, 0.3) is 0 Å². The summed E-state index contributed by atoms with van der Waals surface area (Å²) in [5, 5.41) is 2.79. The summed E-state index contributed by atoms with van der Waals surface area (Å²) >= 11 is 0. The third-order valence-corrected chi connectivity index (χ3v) is 3.26. The van der Waals surface area contributed by atoms with E-state index < -0.39 is 0 Å². The monoisotopic (exact) mass is 311 g/mol. The van der Waals surface area contributed by atoms with Gasteiger partial charge in [-0.15, -0.1) is 0 Å². The predicted molar refractivity (Wildman–Crippen MR) is 92.2 cm³/mol. The van der Waals surface area contributed by atoms with Gasteiger partial charge in [-0.2, -0.15) is 0 Å². The second-order valence-corrected chi connectivity index (χ2v) is 5.18. The van der Waals surface area contributed by atoms with Gasteiger partial charge < -0.3 is 14.8 Å². The second-order valence-electron chi connectivity index (χ2n) is 5.18. The number of hydrogen-bond acceptors (Lipinski definition) is 3. The van der Waals surface area contributed by atoms with Crippen molar-refractivity contribution >= 4 is 11.6 Å². The lowest BCUT2D eigenvalue weighted by Gasteiger charge is -2.12. The van der Waals surface area contributed by atoms with Crippen LogP contribution in [0, 0.1) is 13.8 Å². The zero-order valence-electron chi connectivity index (χ0n) is 13.5. The highest BCUT2D eigenvalue weighted by molar-refractivity contribution is 5.91. The van der Waals surface area contributed by atoms with Crippen LogP contribution in [0.3, 0.4) is 0 Å². The molecule has 1 N–H and O–H groups in total. The molecule has 0 unspecified atom stereocenters. The van der Waals surface area contributed by atoms with Gasteiger partial charge in [0, 0.05) is 5.69 Å². The lowest BCUT2D eigenvalue weighted by Crippen LogP contribution is -2.20. The zero-order chi connectivity index (χ0) is 16.7. The lowest BCUT2D eigenvalue weighted by atomic mass is 10.1. The first kappa shape index (κ1) is 16.6. The Labute approximate surface area is 136 Å². The van der Waals surface area contributed by atoms with Gasteiger partial charge in [0.05, 0.1) is 0 Å². The molecule has 2 rings (SSSR count). The molecule has 2 aromatic rings. The highest BCUT2D eigenvalue weighted by atomic mass is 16.5. The van der Waals surface area contributed by atoms with E-state index in [1.807, 2.05) is 32.0 Å². The quantitative estimate of drug-likeness (QED) is 0.789. The van der Waals surface area contributed by atoms with Crippen molar-refractivity contribution in [2.24, 2.45) is 0 Å². The number of benzene rings is 2. The Bertz CT molecular complexity index is 657. The normalized spacial score (nSPS) is 10.0. The molecule has 0 atom stereocenters. The van der Waals surface area contributed by atoms with Crippen molar-refractivity contribution < 1.29 is 14.3 Å². The van der Waals surface area contributed by atoms with Crippen LogP contribution in [0.1, 0.15) is 11.1 Å². The number of amides is 1. The van der Waals surface area contributed by atoms with Crippen molar-refractivity contribution in [1.82, 2.24) is 0 Å². The van der Waals surface area contributed by atoms with E-state index in [4.69, 9.17) is 9.47 Å². The number of nitrogens with one attached hydrogen (secondary N) is 1. The summed E-state index contributed by atoms with van der Waals surface area (Å²) < 4.78 is 11.0. The minimum absolute atomic E-state index is 0.0274. The first-order valence-corrected chi connectivity index (χ1v) is 7.43. The number of anilines is 1. The molecular weight excluding hydrogens is 290 g/mol. The summed E-state index contributed by atoms with van der Waals surface area (Å²) in [6, 6.07) is 13.1. The fraction of sp³-hybridized carbons (Fsp3) is 0.211. The molecule has 0 aliphatic heterocycles. The number of rotatable bonds is 7. The molecule has 4 nitrogen and oxygen atoms in total. The van der Waals surface area contributed by atoms with Crippen molar-refractivity contribution in [1.29, 1.82) is 0 Å². The average Bonchev–Trinajstić information content (AvgIpc) is 2.54. The third-order valence-electron chi connectivity index (χ3n) is 3.26. The van der Waals surface area contributed by atoms with E-state index in [0.29, 0.717) is 12.3 Å². The van der Waals surface area contributed by atoms with Gasteiger partial charge in [-0.3, -0.25) is 4.79 Å². The van der Waals surface area contributed by atoms with E-state index in [1.165, 1.54) is 0 Å². The Morgan fingerprint density at radius 2 is 1.74 bits per heavy atom. The Balaban J connectivity index is 1.88. The first-order valence-electron chi connectivity index (χ1n) is 7.43. The second kappa shape index (κ2) is 8.03. The molecule has 0 radical (unpaired) electrons. The van der Waals surface area contributed by atoms with Gasteiger partial charge in [-0.25, -0.2) is 0 Å². The standard InChI is InChI=1S/C19H21NO3/c1-4-12-22-17-10-8-16(9-11-17)20-18(21)13-23-19-14(2)6-5-7-15(19)3/h4-11H,1,12-13H2,2-3H3,(H,20,21). The maximum absolute atomic E-state index is 12.0. The van der Waals surface area contributed by atoms with Crippen LogP contribution in [0.4, 0.5) is 5.69 Å². The zero-order valence-corrected chi connectivity index (χ0v) is 13.5.